The van der Waals surface area contributed by atoms with Crippen LogP contribution in [0.25, 0.3) is 0 Å². The molecule has 0 bridgehead atoms. The zero-order chi connectivity index (χ0) is 26.5. The molecule has 1 aromatic heterocycles. The van der Waals surface area contributed by atoms with Crippen molar-refractivity contribution in [2.45, 2.75) is 48.3 Å². The van der Waals surface area contributed by atoms with E-state index >= 15 is 0 Å². The fraction of sp³-hybridized carbons (Fsp3) is 0.345. The summed E-state index contributed by atoms with van der Waals surface area (Å²) in [6.45, 7) is 5.11. The third-order valence-electron chi connectivity index (χ3n) is 7.12. The summed E-state index contributed by atoms with van der Waals surface area (Å²) in [5.74, 6) is -0.468. The zero-order valence-electron chi connectivity index (χ0n) is 21.4. The number of nitrogens with zero attached hydrogens (tertiary/aromatic N) is 3. The van der Waals surface area contributed by atoms with Crippen LogP contribution in [-0.2, 0) is 11.3 Å². The number of carbonyl (C=O) groups excluding carboxylic acids is 1. The summed E-state index contributed by atoms with van der Waals surface area (Å²) in [6, 6.07) is 22.2. The number of carboxylic acid groups (broad SMARTS) is 1. The van der Waals surface area contributed by atoms with Crippen LogP contribution in [0.3, 0.4) is 0 Å². The number of carboxylic acids is 1. The summed E-state index contributed by atoms with van der Waals surface area (Å²) in [5.41, 5.74) is 3.42. The summed E-state index contributed by atoms with van der Waals surface area (Å²) < 4.78 is 5.19. The number of ether oxygens (including phenoxy) is 1. The standard InChI is InChI=1S/C29H32N4O4S/c1-20-22(7-12-27(31-20)38-25-10-8-24(9-11-25)37-19-28(34)35)18-32-15-13-23(14-16-32)33-26(17-30-29(33)36)21-5-3-2-4-6-21/h2-12,23,26H,13-19H2,1H3,(H,30,36)(H,34,35). The van der Waals surface area contributed by atoms with Gasteiger partial charge in [0.1, 0.15) is 10.8 Å². The molecule has 2 aromatic carbocycles. The van der Waals surface area contributed by atoms with Crippen molar-refractivity contribution in [2.24, 2.45) is 0 Å². The lowest BCUT2D eigenvalue weighted by atomic mass is 9.98. The van der Waals surface area contributed by atoms with Gasteiger partial charge in [-0.15, -0.1) is 0 Å². The molecule has 2 aliphatic heterocycles. The molecule has 0 aliphatic carbocycles. The van der Waals surface area contributed by atoms with E-state index in [2.05, 4.69) is 33.3 Å². The van der Waals surface area contributed by atoms with E-state index in [1.807, 2.05) is 43.3 Å². The molecular formula is C29H32N4O4S. The Labute approximate surface area is 227 Å². The number of nitrogens with one attached hydrogen (secondary N) is 1. The zero-order valence-corrected chi connectivity index (χ0v) is 22.2. The number of aliphatic carboxylic acids is 1. The smallest absolute Gasteiger partial charge is 0.341 e. The first-order chi connectivity index (χ1) is 18.5. The van der Waals surface area contributed by atoms with Gasteiger partial charge < -0.3 is 20.1 Å². The highest BCUT2D eigenvalue weighted by atomic mass is 32.2. The van der Waals surface area contributed by atoms with Crippen molar-refractivity contribution in [3.05, 3.63) is 83.6 Å². The first-order valence-electron chi connectivity index (χ1n) is 12.9. The van der Waals surface area contributed by atoms with Gasteiger partial charge in [0, 0.05) is 42.8 Å². The minimum atomic E-state index is -0.997. The van der Waals surface area contributed by atoms with Crippen LogP contribution < -0.4 is 10.1 Å². The second kappa shape index (κ2) is 11.9. The van der Waals surface area contributed by atoms with E-state index in [0.717, 1.165) is 48.1 Å². The fourth-order valence-electron chi connectivity index (χ4n) is 5.15. The molecule has 2 saturated heterocycles. The first kappa shape index (κ1) is 26.1. The van der Waals surface area contributed by atoms with Crippen LogP contribution in [-0.4, -0.2) is 64.2 Å². The molecule has 3 heterocycles. The van der Waals surface area contributed by atoms with Crippen molar-refractivity contribution in [3.8, 4) is 5.75 Å². The van der Waals surface area contributed by atoms with Gasteiger partial charge in [0.15, 0.2) is 6.61 Å². The maximum absolute atomic E-state index is 12.7. The molecule has 1 unspecified atom stereocenters. The molecular weight excluding hydrogens is 500 g/mol. The number of aromatic nitrogens is 1. The van der Waals surface area contributed by atoms with E-state index in [1.54, 1.807) is 23.9 Å². The van der Waals surface area contributed by atoms with Gasteiger partial charge in [0.25, 0.3) is 0 Å². The van der Waals surface area contributed by atoms with Crippen molar-refractivity contribution >= 4 is 23.8 Å². The Hall–Kier alpha value is -3.56. The number of pyridine rings is 1. The molecule has 38 heavy (non-hydrogen) atoms. The average molecular weight is 533 g/mol. The maximum Gasteiger partial charge on any atom is 0.341 e. The van der Waals surface area contributed by atoms with Gasteiger partial charge in [-0.1, -0.05) is 48.2 Å². The lowest BCUT2D eigenvalue weighted by Gasteiger charge is -2.39. The fourth-order valence-corrected chi connectivity index (χ4v) is 5.98. The van der Waals surface area contributed by atoms with Crippen molar-refractivity contribution in [1.29, 1.82) is 0 Å². The Balaban J connectivity index is 1.14. The molecule has 8 nitrogen and oxygen atoms in total. The molecule has 3 aromatic rings. The number of piperidine rings is 1. The molecule has 2 aliphatic rings. The van der Waals surface area contributed by atoms with Crippen molar-refractivity contribution in [2.75, 3.05) is 26.2 Å². The summed E-state index contributed by atoms with van der Waals surface area (Å²) in [7, 11) is 0. The predicted octanol–water partition coefficient (Wildman–Crippen LogP) is 4.74. The number of rotatable bonds is 9. The van der Waals surface area contributed by atoms with Crippen LogP contribution in [0.15, 0.2) is 76.7 Å². The second-order valence-corrected chi connectivity index (χ2v) is 10.8. The Morgan fingerprint density at radius 2 is 1.82 bits per heavy atom. The maximum atomic E-state index is 12.7. The molecule has 0 radical (unpaired) electrons. The molecule has 1 atom stereocenters. The number of carbonyl (C=O) groups is 2. The molecule has 9 heteroatoms. The van der Waals surface area contributed by atoms with Gasteiger partial charge in [0.05, 0.1) is 6.04 Å². The van der Waals surface area contributed by atoms with E-state index in [1.165, 1.54) is 11.1 Å². The van der Waals surface area contributed by atoms with Crippen LogP contribution in [0.4, 0.5) is 4.79 Å². The normalized spacial score (nSPS) is 18.4. The molecule has 2 fully saturated rings. The number of benzene rings is 2. The lowest BCUT2D eigenvalue weighted by Crippen LogP contribution is -2.46. The highest BCUT2D eigenvalue weighted by Gasteiger charge is 2.38. The van der Waals surface area contributed by atoms with E-state index < -0.39 is 5.97 Å². The minimum Gasteiger partial charge on any atom is -0.482 e. The summed E-state index contributed by atoms with van der Waals surface area (Å²) in [6.07, 6.45) is 1.92. The summed E-state index contributed by atoms with van der Waals surface area (Å²) in [5, 5.41) is 12.7. The van der Waals surface area contributed by atoms with Crippen LogP contribution in [0, 0.1) is 6.92 Å². The number of aryl methyl sites for hydroxylation is 1. The topological polar surface area (TPSA) is 95.0 Å². The van der Waals surface area contributed by atoms with Gasteiger partial charge in [-0.2, -0.15) is 0 Å². The number of amides is 2. The van der Waals surface area contributed by atoms with Gasteiger partial charge in [0.2, 0.25) is 0 Å². The van der Waals surface area contributed by atoms with Gasteiger partial charge >= 0.3 is 12.0 Å². The van der Waals surface area contributed by atoms with Crippen LogP contribution in [0.5, 0.6) is 5.75 Å². The quantitative estimate of drug-likeness (QED) is 0.411. The molecule has 198 valence electrons. The molecule has 2 amide bonds. The van der Waals surface area contributed by atoms with Gasteiger partial charge in [-0.05, 0) is 61.2 Å². The van der Waals surface area contributed by atoms with E-state index in [-0.39, 0.29) is 24.7 Å². The van der Waals surface area contributed by atoms with Crippen molar-refractivity contribution < 1.29 is 19.4 Å². The largest absolute Gasteiger partial charge is 0.482 e. The molecule has 0 spiro atoms. The average Bonchev–Trinajstić information content (AvgIpc) is 3.32. The van der Waals surface area contributed by atoms with E-state index in [0.29, 0.717) is 12.3 Å². The molecule has 2 N–H and O–H groups in total. The second-order valence-electron chi connectivity index (χ2n) is 9.68. The SMILES string of the molecule is Cc1nc(Sc2ccc(OCC(=O)O)cc2)ccc1CN1CCC(N2C(=O)NCC2c2ccccc2)CC1. The molecule has 5 rings (SSSR count). The molecule has 0 saturated carbocycles. The third-order valence-corrected chi connectivity index (χ3v) is 8.07. The predicted molar refractivity (Wildman–Crippen MR) is 145 cm³/mol. The van der Waals surface area contributed by atoms with E-state index in [9.17, 15) is 9.59 Å². The highest BCUT2D eigenvalue weighted by Crippen LogP contribution is 2.32. The minimum absolute atomic E-state index is 0.0489. The van der Waals surface area contributed by atoms with E-state index in [4.69, 9.17) is 14.8 Å². The highest BCUT2D eigenvalue weighted by molar-refractivity contribution is 7.99. The van der Waals surface area contributed by atoms with Crippen molar-refractivity contribution in [3.63, 3.8) is 0 Å². The lowest BCUT2D eigenvalue weighted by molar-refractivity contribution is -0.139. The van der Waals surface area contributed by atoms with Gasteiger partial charge in [-0.3, -0.25) is 4.90 Å². The Kier molecular flexibility index (Phi) is 8.14. The Morgan fingerprint density at radius 1 is 1.08 bits per heavy atom. The Bertz CT molecular complexity index is 1260. The monoisotopic (exact) mass is 532 g/mol. The Morgan fingerprint density at radius 3 is 2.50 bits per heavy atom. The van der Waals surface area contributed by atoms with Crippen LogP contribution in [0.1, 0.15) is 35.7 Å². The number of urea groups is 1. The van der Waals surface area contributed by atoms with Crippen LogP contribution in [0.2, 0.25) is 0 Å². The first-order valence-corrected chi connectivity index (χ1v) is 13.7. The van der Waals surface area contributed by atoms with Crippen molar-refractivity contribution in [1.82, 2.24) is 20.1 Å². The summed E-state index contributed by atoms with van der Waals surface area (Å²) in [4.78, 5) is 33.7. The summed E-state index contributed by atoms with van der Waals surface area (Å²) >= 11 is 1.56. The third kappa shape index (κ3) is 6.28. The number of likely N-dealkylation sites (tertiary alicyclic amines) is 1. The number of hydrogen-bond donors (Lipinski definition) is 2. The van der Waals surface area contributed by atoms with Gasteiger partial charge in [-0.25, -0.2) is 14.6 Å². The number of hydrogen-bond acceptors (Lipinski definition) is 6. The van der Waals surface area contributed by atoms with Crippen LogP contribution >= 0.6 is 11.8 Å².